The molecule has 1 heterocycles. The number of aromatic hydroxyl groups is 1. The number of carbonyl (C=O) groups is 1. The number of amides is 1. The number of carbonyl (C=O) groups excluding carboxylic acids is 1. The van der Waals surface area contributed by atoms with Crippen molar-refractivity contribution in [3.05, 3.63) is 46.2 Å². The number of ether oxygens (including phenoxy) is 1. The van der Waals surface area contributed by atoms with Crippen molar-refractivity contribution >= 4 is 17.2 Å². The molecule has 0 unspecified atom stereocenters. The molecule has 0 spiro atoms. The second-order valence-electron chi connectivity index (χ2n) is 4.02. The first-order chi connectivity index (χ1) is 9.20. The summed E-state index contributed by atoms with van der Waals surface area (Å²) >= 11 is 1.64. The number of benzene rings is 1. The monoisotopic (exact) mass is 277 g/mol. The van der Waals surface area contributed by atoms with Gasteiger partial charge < -0.3 is 15.2 Å². The van der Waals surface area contributed by atoms with Gasteiger partial charge in [0.1, 0.15) is 0 Å². The maximum absolute atomic E-state index is 11.9. The van der Waals surface area contributed by atoms with Crippen molar-refractivity contribution in [3.63, 3.8) is 0 Å². The van der Waals surface area contributed by atoms with Crippen LogP contribution in [0.5, 0.6) is 11.5 Å². The van der Waals surface area contributed by atoms with Crippen LogP contribution in [0.4, 0.5) is 0 Å². The molecule has 1 amide bonds. The fourth-order valence-corrected chi connectivity index (χ4v) is 2.39. The van der Waals surface area contributed by atoms with Crippen LogP contribution in [-0.2, 0) is 6.42 Å². The van der Waals surface area contributed by atoms with Gasteiger partial charge in [0.15, 0.2) is 11.5 Å². The quantitative estimate of drug-likeness (QED) is 0.882. The SMILES string of the molecule is COc1ccc(C(=O)NCCc2ccsc2)cc1O. The highest BCUT2D eigenvalue weighted by molar-refractivity contribution is 7.07. The third kappa shape index (κ3) is 3.48. The fourth-order valence-electron chi connectivity index (χ4n) is 1.69. The van der Waals surface area contributed by atoms with Gasteiger partial charge in [0, 0.05) is 12.1 Å². The molecule has 0 atom stereocenters. The molecule has 5 heteroatoms. The predicted molar refractivity (Wildman–Crippen MR) is 75.0 cm³/mol. The highest BCUT2D eigenvalue weighted by Gasteiger charge is 2.09. The molecule has 0 aliphatic carbocycles. The Bertz CT molecular complexity index is 552. The Hall–Kier alpha value is -2.01. The lowest BCUT2D eigenvalue weighted by Gasteiger charge is -2.07. The van der Waals surface area contributed by atoms with Crippen LogP contribution in [0.2, 0.25) is 0 Å². The zero-order valence-electron chi connectivity index (χ0n) is 10.6. The molecule has 19 heavy (non-hydrogen) atoms. The molecule has 100 valence electrons. The van der Waals surface area contributed by atoms with E-state index in [4.69, 9.17) is 4.74 Å². The molecule has 0 aliphatic heterocycles. The molecule has 0 fully saturated rings. The van der Waals surface area contributed by atoms with Crippen molar-refractivity contribution in [2.24, 2.45) is 0 Å². The molecule has 0 saturated heterocycles. The standard InChI is InChI=1S/C14H15NO3S/c1-18-13-3-2-11(8-12(13)16)14(17)15-6-4-10-5-7-19-9-10/h2-3,5,7-9,16H,4,6H2,1H3,(H,15,17). The molecular formula is C14H15NO3S. The van der Waals surface area contributed by atoms with E-state index in [1.54, 1.807) is 23.5 Å². The summed E-state index contributed by atoms with van der Waals surface area (Å²) in [5.74, 6) is 0.121. The summed E-state index contributed by atoms with van der Waals surface area (Å²) < 4.78 is 4.93. The van der Waals surface area contributed by atoms with Gasteiger partial charge in [-0.2, -0.15) is 11.3 Å². The molecule has 1 aromatic carbocycles. The van der Waals surface area contributed by atoms with Crippen LogP contribution in [0.3, 0.4) is 0 Å². The van der Waals surface area contributed by atoms with Crippen LogP contribution >= 0.6 is 11.3 Å². The number of phenolic OH excluding ortho intramolecular Hbond substituents is 1. The van der Waals surface area contributed by atoms with Crippen LogP contribution in [-0.4, -0.2) is 24.7 Å². The molecular weight excluding hydrogens is 262 g/mol. The van der Waals surface area contributed by atoms with Crippen molar-refractivity contribution < 1.29 is 14.6 Å². The third-order valence-corrected chi connectivity index (χ3v) is 3.45. The van der Waals surface area contributed by atoms with Gasteiger partial charge in [0.05, 0.1) is 7.11 Å². The van der Waals surface area contributed by atoms with Gasteiger partial charge in [0.2, 0.25) is 0 Å². The topological polar surface area (TPSA) is 58.6 Å². The van der Waals surface area contributed by atoms with Gasteiger partial charge in [-0.3, -0.25) is 4.79 Å². The summed E-state index contributed by atoms with van der Waals surface area (Å²) in [6.07, 6.45) is 0.803. The van der Waals surface area contributed by atoms with Crippen molar-refractivity contribution in [2.75, 3.05) is 13.7 Å². The number of rotatable bonds is 5. The lowest BCUT2D eigenvalue weighted by molar-refractivity contribution is 0.0953. The summed E-state index contributed by atoms with van der Waals surface area (Å²) in [4.78, 5) is 11.9. The van der Waals surface area contributed by atoms with Crippen molar-refractivity contribution in [3.8, 4) is 11.5 Å². The van der Waals surface area contributed by atoms with E-state index in [9.17, 15) is 9.90 Å². The minimum atomic E-state index is -0.201. The maximum atomic E-state index is 11.9. The first-order valence-corrected chi connectivity index (χ1v) is 6.81. The molecule has 2 N–H and O–H groups in total. The van der Waals surface area contributed by atoms with E-state index in [0.717, 1.165) is 6.42 Å². The molecule has 0 radical (unpaired) electrons. The maximum Gasteiger partial charge on any atom is 0.251 e. The van der Waals surface area contributed by atoms with E-state index in [2.05, 4.69) is 10.7 Å². The fraction of sp³-hybridized carbons (Fsp3) is 0.214. The van der Waals surface area contributed by atoms with E-state index in [0.29, 0.717) is 17.9 Å². The van der Waals surface area contributed by atoms with Crippen LogP contribution in [0, 0.1) is 0 Å². The number of thiophene rings is 1. The summed E-state index contributed by atoms with van der Waals surface area (Å²) in [5, 5.41) is 16.5. The van der Waals surface area contributed by atoms with E-state index in [1.807, 2.05) is 11.4 Å². The van der Waals surface area contributed by atoms with Gasteiger partial charge in [-0.25, -0.2) is 0 Å². The minimum absolute atomic E-state index is 0.0343. The number of nitrogens with one attached hydrogen (secondary N) is 1. The number of hydrogen-bond donors (Lipinski definition) is 2. The lowest BCUT2D eigenvalue weighted by Crippen LogP contribution is -2.25. The number of methoxy groups -OCH3 is 1. The zero-order valence-corrected chi connectivity index (χ0v) is 11.4. The molecule has 0 bridgehead atoms. The van der Waals surface area contributed by atoms with Gasteiger partial charge >= 0.3 is 0 Å². The average Bonchev–Trinajstić information content (AvgIpc) is 2.91. The Kier molecular flexibility index (Phi) is 4.41. The van der Waals surface area contributed by atoms with Gasteiger partial charge in [0.25, 0.3) is 5.91 Å². The largest absolute Gasteiger partial charge is 0.504 e. The van der Waals surface area contributed by atoms with E-state index in [1.165, 1.54) is 18.7 Å². The molecule has 0 aliphatic rings. The van der Waals surface area contributed by atoms with Crippen molar-refractivity contribution in [2.45, 2.75) is 6.42 Å². The normalized spacial score (nSPS) is 10.2. The summed E-state index contributed by atoms with van der Waals surface area (Å²) in [7, 11) is 1.47. The third-order valence-electron chi connectivity index (χ3n) is 2.72. The zero-order chi connectivity index (χ0) is 13.7. The molecule has 4 nitrogen and oxygen atoms in total. The number of hydrogen-bond acceptors (Lipinski definition) is 4. The van der Waals surface area contributed by atoms with Crippen LogP contribution in [0.15, 0.2) is 35.0 Å². The first kappa shape index (κ1) is 13.4. The van der Waals surface area contributed by atoms with E-state index < -0.39 is 0 Å². The summed E-state index contributed by atoms with van der Waals surface area (Å²) in [5.41, 5.74) is 1.63. The van der Waals surface area contributed by atoms with Gasteiger partial charge in [-0.1, -0.05) is 0 Å². The Balaban J connectivity index is 1.91. The predicted octanol–water partition coefficient (Wildman–Crippen LogP) is 2.43. The van der Waals surface area contributed by atoms with E-state index >= 15 is 0 Å². The Morgan fingerprint density at radius 3 is 2.89 bits per heavy atom. The summed E-state index contributed by atoms with van der Waals surface area (Å²) in [6, 6.07) is 6.64. The van der Waals surface area contributed by atoms with Crippen LogP contribution in [0.25, 0.3) is 0 Å². The van der Waals surface area contributed by atoms with Gasteiger partial charge in [-0.15, -0.1) is 0 Å². The highest BCUT2D eigenvalue weighted by atomic mass is 32.1. The van der Waals surface area contributed by atoms with Crippen LogP contribution < -0.4 is 10.1 Å². The Morgan fingerprint density at radius 2 is 2.26 bits per heavy atom. The second kappa shape index (κ2) is 6.24. The molecule has 2 rings (SSSR count). The Labute approximate surface area is 115 Å². The van der Waals surface area contributed by atoms with Crippen LogP contribution in [0.1, 0.15) is 15.9 Å². The van der Waals surface area contributed by atoms with Gasteiger partial charge in [-0.05, 0) is 47.0 Å². The number of phenols is 1. The average molecular weight is 277 g/mol. The summed E-state index contributed by atoms with van der Waals surface area (Å²) in [6.45, 7) is 0.572. The lowest BCUT2D eigenvalue weighted by atomic mass is 10.2. The minimum Gasteiger partial charge on any atom is -0.504 e. The molecule has 2 aromatic rings. The smallest absolute Gasteiger partial charge is 0.251 e. The second-order valence-corrected chi connectivity index (χ2v) is 4.80. The molecule has 1 aromatic heterocycles. The van der Waals surface area contributed by atoms with E-state index in [-0.39, 0.29) is 11.7 Å². The Morgan fingerprint density at radius 1 is 1.42 bits per heavy atom. The van der Waals surface area contributed by atoms with Crippen molar-refractivity contribution in [1.82, 2.24) is 5.32 Å². The molecule has 0 saturated carbocycles. The highest BCUT2D eigenvalue weighted by Crippen LogP contribution is 2.26. The first-order valence-electron chi connectivity index (χ1n) is 5.87. The van der Waals surface area contributed by atoms with Crippen molar-refractivity contribution in [1.29, 1.82) is 0 Å².